The largest absolute Gasteiger partial charge is 0.497 e. The summed E-state index contributed by atoms with van der Waals surface area (Å²) in [6, 6.07) is 20.0. The van der Waals surface area contributed by atoms with Crippen molar-refractivity contribution in [3.05, 3.63) is 83.9 Å². The molecule has 1 atom stereocenters. The van der Waals surface area contributed by atoms with Crippen LogP contribution in [0, 0.1) is 6.92 Å². The number of carbonyl (C=O) groups is 1. The summed E-state index contributed by atoms with van der Waals surface area (Å²) < 4.78 is 38.7. The molecule has 1 unspecified atom stereocenters. The molecule has 0 spiro atoms. The van der Waals surface area contributed by atoms with Gasteiger partial charge in [-0.1, -0.05) is 35.9 Å². The van der Waals surface area contributed by atoms with E-state index in [2.05, 4.69) is 5.32 Å². The smallest absolute Gasteiger partial charge is 0.264 e. The fraction of sp³-hybridized carbons (Fsp3) is 0.240. The topological polar surface area (TPSA) is 84.9 Å². The zero-order valence-corrected chi connectivity index (χ0v) is 19.9. The quantitative estimate of drug-likeness (QED) is 0.511. The van der Waals surface area contributed by atoms with E-state index < -0.39 is 22.0 Å². The highest BCUT2D eigenvalue weighted by Gasteiger charge is 2.28. The van der Waals surface area contributed by atoms with Crippen molar-refractivity contribution in [1.29, 1.82) is 0 Å². The summed E-state index contributed by atoms with van der Waals surface area (Å²) in [4.78, 5) is 13.1. The first-order chi connectivity index (χ1) is 15.8. The lowest BCUT2D eigenvalue weighted by molar-refractivity contribution is -0.120. The second-order valence-corrected chi connectivity index (χ2v) is 9.42. The SMILES string of the molecule is COc1ccc(OC)c(C(C)NC(=O)CN(c2ccccc2)S(=O)(=O)c2ccc(C)cc2)c1. The van der Waals surface area contributed by atoms with Gasteiger partial charge in [-0.05, 0) is 56.3 Å². The van der Waals surface area contributed by atoms with Gasteiger partial charge in [-0.2, -0.15) is 0 Å². The van der Waals surface area contributed by atoms with Crippen molar-refractivity contribution in [3.8, 4) is 11.5 Å². The Morgan fingerprint density at radius 1 is 0.970 bits per heavy atom. The first kappa shape index (κ1) is 24.1. The molecule has 0 heterocycles. The lowest BCUT2D eigenvalue weighted by Crippen LogP contribution is -2.41. The number of rotatable bonds is 9. The number of amides is 1. The summed E-state index contributed by atoms with van der Waals surface area (Å²) in [6.07, 6.45) is 0. The fourth-order valence-electron chi connectivity index (χ4n) is 3.42. The summed E-state index contributed by atoms with van der Waals surface area (Å²) >= 11 is 0. The minimum absolute atomic E-state index is 0.118. The Balaban J connectivity index is 1.88. The molecule has 0 saturated heterocycles. The van der Waals surface area contributed by atoms with Crippen LogP contribution in [0.1, 0.15) is 24.1 Å². The Morgan fingerprint density at radius 3 is 2.24 bits per heavy atom. The number of ether oxygens (including phenoxy) is 2. The highest BCUT2D eigenvalue weighted by molar-refractivity contribution is 7.92. The van der Waals surface area contributed by atoms with E-state index in [1.54, 1.807) is 93.9 Å². The maximum atomic E-state index is 13.4. The van der Waals surface area contributed by atoms with E-state index in [0.717, 1.165) is 15.4 Å². The van der Waals surface area contributed by atoms with Crippen LogP contribution in [0.3, 0.4) is 0 Å². The molecule has 3 aromatic rings. The van der Waals surface area contributed by atoms with Crippen LogP contribution in [0.2, 0.25) is 0 Å². The monoisotopic (exact) mass is 468 g/mol. The maximum absolute atomic E-state index is 13.4. The Hall–Kier alpha value is -3.52. The Labute approximate surface area is 195 Å². The molecule has 33 heavy (non-hydrogen) atoms. The molecule has 1 N–H and O–H groups in total. The van der Waals surface area contributed by atoms with Gasteiger partial charge < -0.3 is 14.8 Å². The van der Waals surface area contributed by atoms with Crippen LogP contribution >= 0.6 is 0 Å². The van der Waals surface area contributed by atoms with Gasteiger partial charge in [0, 0.05) is 5.56 Å². The minimum atomic E-state index is -3.96. The van der Waals surface area contributed by atoms with Crippen molar-refractivity contribution in [3.63, 3.8) is 0 Å². The summed E-state index contributed by atoms with van der Waals surface area (Å²) in [6.45, 7) is 3.31. The van der Waals surface area contributed by atoms with E-state index in [1.165, 1.54) is 0 Å². The highest BCUT2D eigenvalue weighted by Crippen LogP contribution is 2.29. The van der Waals surface area contributed by atoms with Crippen LogP contribution in [-0.2, 0) is 14.8 Å². The second kappa shape index (κ2) is 10.4. The molecule has 174 valence electrons. The summed E-state index contributed by atoms with van der Waals surface area (Å²) in [5.74, 6) is 0.766. The van der Waals surface area contributed by atoms with E-state index in [1.807, 2.05) is 6.92 Å². The zero-order chi connectivity index (χ0) is 24.0. The zero-order valence-electron chi connectivity index (χ0n) is 19.1. The number of nitrogens with zero attached hydrogens (tertiary/aromatic N) is 1. The van der Waals surface area contributed by atoms with Crippen molar-refractivity contribution in [2.75, 3.05) is 25.1 Å². The van der Waals surface area contributed by atoms with Crippen LogP contribution < -0.4 is 19.1 Å². The third kappa shape index (κ3) is 5.64. The average molecular weight is 469 g/mol. The van der Waals surface area contributed by atoms with Gasteiger partial charge in [0.1, 0.15) is 18.0 Å². The van der Waals surface area contributed by atoms with E-state index in [4.69, 9.17) is 9.47 Å². The van der Waals surface area contributed by atoms with Gasteiger partial charge in [-0.15, -0.1) is 0 Å². The molecule has 0 aliphatic rings. The first-order valence-electron chi connectivity index (χ1n) is 10.4. The van der Waals surface area contributed by atoms with Gasteiger partial charge >= 0.3 is 0 Å². The van der Waals surface area contributed by atoms with Crippen LogP contribution in [0.5, 0.6) is 11.5 Å². The molecule has 7 nitrogen and oxygen atoms in total. The number of nitrogens with one attached hydrogen (secondary N) is 1. The van der Waals surface area contributed by atoms with Crippen LogP contribution in [0.15, 0.2) is 77.7 Å². The van der Waals surface area contributed by atoms with Crippen LogP contribution in [0.4, 0.5) is 5.69 Å². The molecule has 0 aliphatic carbocycles. The number of hydrogen-bond donors (Lipinski definition) is 1. The summed E-state index contributed by atoms with van der Waals surface area (Å²) in [5.41, 5.74) is 2.07. The Bertz CT molecular complexity index is 1200. The number of hydrogen-bond acceptors (Lipinski definition) is 5. The molecule has 0 radical (unpaired) electrons. The number of methoxy groups -OCH3 is 2. The van der Waals surface area contributed by atoms with E-state index in [-0.39, 0.29) is 11.4 Å². The van der Waals surface area contributed by atoms with Crippen molar-refractivity contribution < 1.29 is 22.7 Å². The molecular formula is C25H28N2O5S. The predicted molar refractivity (Wildman–Crippen MR) is 128 cm³/mol. The third-order valence-corrected chi connectivity index (χ3v) is 7.01. The summed E-state index contributed by atoms with van der Waals surface area (Å²) in [5, 5.41) is 2.87. The fourth-order valence-corrected chi connectivity index (χ4v) is 4.84. The van der Waals surface area contributed by atoms with Crippen molar-refractivity contribution >= 4 is 21.6 Å². The molecule has 0 aliphatic heterocycles. The molecular weight excluding hydrogens is 440 g/mol. The third-order valence-electron chi connectivity index (χ3n) is 5.22. The van der Waals surface area contributed by atoms with E-state index in [9.17, 15) is 13.2 Å². The van der Waals surface area contributed by atoms with Crippen LogP contribution in [-0.4, -0.2) is 35.1 Å². The lowest BCUT2D eigenvalue weighted by atomic mass is 10.1. The normalized spacial score (nSPS) is 12.0. The maximum Gasteiger partial charge on any atom is 0.264 e. The van der Waals surface area contributed by atoms with Gasteiger partial charge in [0.2, 0.25) is 5.91 Å². The molecule has 3 rings (SSSR count). The second-order valence-electron chi connectivity index (χ2n) is 7.56. The average Bonchev–Trinajstić information content (AvgIpc) is 2.82. The summed E-state index contributed by atoms with van der Waals surface area (Å²) in [7, 11) is -0.857. The van der Waals surface area contributed by atoms with Gasteiger partial charge in [-0.3, -0.25) is 9.10 Å². The molecule has 0 aromatic heterocycles. The molecule has 3 aromatic carbocycles. The van der Waals surface area contributed by atoms with Crippen molar-refractivity contribution in [2.45, 2.75) is 24.8 Å². The number of benzene rings is 3. The molecule has 0 bridgehead atoms. The molecule has 1 amide bonds. The van der Waals surface area contributed by atoms with Crippen LogP contribution in [0.25, 0.3) is 0 Å². The highest BCUT2D eigenvalue weighted by atomic mass is 32.2. The molecule has 0 saturated carbocycles. The van der Waals surface area contributed by atoms with Gasteiger partial charge in [0.15, 0.2) is 0 Å². The number of para-hydroxylation sites is 1. The first-order valence-corrected chi connectivity index (χ1v) is 11.9. The lowest BCUT2D eigenvalue weighted by Gasteiger charge is -2.25. The number of aryl methyl sites for hydroxylation is 1. The van der Waals surface area contributed by atoms with Gasteiger partial charge in [0.25, 0.3) is 10.0 Å². The Kier molecular flexibility index (Phi) is 7.60. The molecule has 8 heteroatoms. The number of anilines is 1. The van der Waals surface area contributed by atoms with Gasteiger partial charge in [0.05, 0.1) is 30.8 Å². The number of sulfonamides is 1. The van der Waals surface area contributed by atoms with E-state index >= 15 is 0 Å². The Morgan fingerprint density at radius 2 is 1.64 bits per heavy atom. The van der Waals surface area contributed by atoms with Gasteiger partial charge in [-0.25, -0.2) is 8.42 Å². The van der Waals surface area contributed by atoms with Crippen molar-refractivity contribution in [2.24, 2.45) is 0 Å². The standard InChI is InChI=1S/C25H28N2O5S/c1-18-10-13-22(14-11-18)33(29,30)27(20-8-6-5-7-9-20)17-25(28)26-19(2)23-16-21(31-3)12-15-24(23)32-4/h5-16,19H,17H2,1-4H3,(H,26,28). The molecule has 0 fully saturated rings. The van der Waals surface area contributed by atoms with Crippen molar-refractivity contribution in [1.82, 2.24) is 5.32 Å². The number of carbonyl (C=O) groups excluding carboxylic acids is 1. The predicted octanol–water partition coefficient (Wildman–Crippen LogP) is 4.08. The minimum Gasteiger partial charge on any atom is -0.497 e. The van der Waals surface area contributed by atoms with E-state index in [0.29, 0.717) is 17.2 Å².